The van der Waals surface area contributed by atoms with E-state index in [2.05, 4.69) is 6.92 Å². The van der Waals surface area contributed by atoms with Crippen molar-refractivity contribution in [1.82, 2.24) is 0 Å². The molecule has 0 spiro atoms. The molecule has 1 N–H and O–H groups in total. The van der Waals surface area contributed by atoms with E-state index >= 15 is 0 Å². The lowest BCUT2D eigenvalue weighted by molar-refractivity contribution is -0.141. The first-order valence-electron chi connectivity index (χ1n) is 4.92. The standard InChI is InChI=1S/C12H13NO2S/c1-3-16-10-6-4-9(5-7-10)12(2,8-13)11(14)15/h4-7H,3H2,1-2H3,(H,14,15). The molecule has 3 nitrogen and oxygen atoms in total. The fourth-order valence-electron chi connectivity index (χ4n) is 1.29. The van der Waals surface area contributed by atoms with E-state index in [0.717, 1.165) is 10.6 Å². The van der Waals surface area contributed by atoms with Gasteiger partial charge in [-0.05, 0) is 30.4 Å². The van der Waals surface area contributed by atoms with Crippen LogP contribution in [0, 0.1) is 11.3 Å². The van der Waals surface area contributed by atoms with Gasteiger partial charge in [-0.2, -0.15) is 5.26 Å². The van der Waals surface area contributed by atoms with Crippen molar-refractivity contribution in [1.29, 1.82) is 5.26 Å². The van der Waals surface area contributed by atoms with Crippen molar-refractivity contribution >= 4 is 17.7 Å². The molecule has 0 aliphatic rings. The molecule has 0 aliphatic carbocycles. The zero-order valence-electron chi connectivity index (χ0n) is 9.23. The molecule has 0 aliphatic heterocycles. The third-order valence-electron chi connectivity index (χ3n) is 2.39. The second-order valence-electron chi connectivity index (χ2n) is 3.50. The number of rotatable bonds is 4. The summed E-state index contributed by atoms with van der Waals surface area (Å²) in [6.07, 6.45) is 0. The summed E-state index contributed by atoms with van der Waals surface area (Å²) >= 11 is 1.68. The lowest BCUT2D eigenvalue weighted by Crippen LogP contribution is -2.30. The third kappa shape index (κ3) is 2.37. The number of nitrogens with zero attached hydrogens (tertiary/aromatic N) is 1. The Morgan fingerprint density at radius 2 is 2.06 bits per heavy atom. The first kappa shape index (κ1) is 12.6. The monoisotopic (exact) mass is 235 g/mol. The lowest BCUT2D eigenvalue weighted by Gasteiger charge is -2.16. The smallest absolute Gasteiger partial charge is 0.328 e. The molecule has 1 aromatic rings. The van der Waals surface area contributed by atoms with E-state index in [1.54, 1.807) is 23.9 Å². The summed E-state index contributed by atoms with van der Waals surface area (Å²) in [6.45, 7) is 3.46. The minimum absolute atomic E-state index is 0.517. The summed E-state index contributed by atoms with van der Waals surface area (Å²) in [5.74, 6) is -0.153. The molecule has 0 heterocycles. The highest BCUT2D eigenvalue weighted by molar-refractivity contribution is 7.99. The minimum atomic E-state index is -1.46. The van der Waals surface area contributed by atoms with Crippen molar-refractivity contribution in [3.63, 3.8) is 0 Å². The highest BCUT2D eigenvalue weighted by Crippen LogP contribution is 2.26. The van der Waals surface area contributed by atoms with Gasteiger partial charge in [-0.15, -0.1) is 11.8 Å². The van der Waals surface area contributed by atoms with Crippen LogP contribution in [-0.2, 0) is 10.2 Å². The van der Waals surface area contributed by atoms with Crippen LogP contribution in [0.3, 0.4) is 0 Å². The Labute approximate surface area is 99.1 Å². The van der Waals surface area contributed by atoms with Gasteiger partial charge in [0.05, 0.1) is 6.07 Å². The van der Waals surface area contributed by atoms with Gasteiger partial charge in [0.1, 0.15) is 0 Å². The Hall–Kier alpha value is -1.47. The molecule has 0 saturated heterocycles. The van der Waals surface area contributed by atoms with Gasteiger partial charge in [-0.1, -0.05) is 19.1 Å². The van der Waals surface area contributed by atoms with Crippen molar-refractivity contribution in [2.75, 3.05) is 5.75 Å². The largest absolute Gasteiger partial charge is 0.480 e. The van der Waals surface area contributed by atoms with Crippen molar-refractivity contribution in [2.24, 2.45) is 0 Å². The second kappa shape index (κ2) is 5.04. The molecule has 0 bridgehead atoms. The highest BCUT2D eigenvalue weighted by atomic mass is 32.2. The number of carboxylic acids is 1. The molecule has 0 radical (unpaired) electrons. The molecular weight excluding hydrogens is 222 g/mol. The summed E-state index contributed by atoms with van der Waals surface area (Å²) in [7, 11) is 0. The lowest BCUT2D eigenvalue weighted by atomic mass is 9.84. The summed E-state index contributed by atoms with van der Waals surface area (Å²) in [5, 5.41) is 18.0. The molecule has 1 atom stereocenters. The van der Waals surface area contributed by atoms with Crippen LogP contribution in [0.5, 0.6) is 0 Å². The number of hydrogen-bond acceptors (Lipinski definition) is 3. The SMILES string of the molecule is CCSc1ccc(C(C)(C#N)C(=O)O)cc1. The Balaban J connectivity index is 3.06. The molecule has 4 heteroatoms. The zero-order chi connectivity index (χ0) is 12.2. The highest BCUT2D eigenvalue weighted by Gasteiger charge is 2.35. The van der Waals surface area contributed by atoms with Gasteiger partial charge in [0.15, 0.2) is 5.41 Å². The van der Waals surface area contributed by atoms with E-state index in [-0.39, 0.29) is 0 Å². The molecule has 84 valence electrons. The Kier molecular flexibility index (Phi) is 3.97. The predicted molar refractivity (Wildman–Crippen MR) is 63.4 cm³/mol. The number of thioether (sulfide) groups is 1. The molecule has 1 unspecified atom stereocenters. The average molecular weight is 235 g/mol. The molecule has 0 saturated carbocycles. The van der Waals surface area contributed by atoms with E-state index in [9.17, 15) is 4.79 Å². The minimum Gasteiger partial charge on any atom is -0.480 e. The third-order valence-corrected chi connectivity index (χ3v) is 3.29. The molecule has 16 heavy (non-hydrogen) atoms. The van der Waals surface area contributed by atoms with Crippen molar-refractivity contribution in [3.05, 3.63) is 29.8 Å². The number of nitriles is 1. The fraction of sp³-hybridized carbons (Fsp3) is 0.333. The number of aliphatic carboxylic acids is 1. The van der Waals surface area contributed by atoms with Gasteiger partial charge < -0.3 is 5.11 Å². The molecular formula is C12H13NO2S. The van der Waals surface area contributed by atoms with Crippen molar-refractivity contribution in [3.8, 4) is 6.07 Å². The molecule has 0 amide bonds. The van der Waals surface area contributed by atoms with E-state index in [1.165, 1.54) is 6.92 Å². The van der Waals surface area contributed by atoms with Gasteiger partial charge in [0, 0.05) is 4.90 Å². The van der Waals surface area contributed by atoms with Crippen LogP contribution in [0.2, 0.25) is 0 Å². The zero-order valence-corrected chi connectivity index (χ0v) is 10.0. The van der Waals surface area contributed by atoms with Crippen LogP contribution >= 0.6 is 11.8 Å². The van der Waals surface area contributed by atoms with E-state index in [0.29, 0.717) is 5.56 Å². The van der Waals surface area contributed by atoms with Crippen LogP contribution in [0.25, 0.3) is 0 Å². The summed E-state index contributed by atoms with van der Waals surface area (Å²) in [4.78, 5) is 12.1. The van der Waals surface area contributed by atoms with E-state index in [1.807, 2.05) is 18.2 Å². The topological polar surface area (TPSA) is 61.1 Å². The molecule has 1 rings (SSSR count). The van der Waals surface area contributed by atoms with Gasteiger partial charge in [0.2, 0.25) is 0 Å². The summed E-state index contributed by atoms with van der Waals surface area (Å²) < 4.78 is 0. The fourth-order valence-corrected chi connectivity index (χ4v) is 1.95. The summed E-state index contributed by atoms with van der Waals surface area (Å²) in [6, 6.07) is 8.95. The molecule has 0 aromatic heterocycles. The number of carbonyl (C=O) groups is 1. The Morgan fingerprint density at radius 3 is 2.44 bits per heavy atom. The van der Waals surface area contributed by atoms with Crippen LogP contribution < -0.4 is 0 Å². The number of hydrogen-bond donors (Lipinski definition) is 1. The van der Waals surface area contributed by atoms with Gasteiger partial charge in [-0.3, -0.25) is 4.79 Å². The quantitative estimate of drug-likeness (QED) is 0.815. The van der Waals surface area contributed by atoms with Crippen LogP contribution in [0.1, 0.15) is 19.4 Å². The molecule has 0 fully saturated rings. The predicted octanol–water partition coefficient (Wildman–Crippen LogP) is 2.66. The number of benzene rings is 1. The van der Waals surface area contributed by atoms with Crippen LogP contribution in [0.15, 0.2) is 29.2 Å². The van der Waals surface area contributed by atoms with Crippen molar-refractivity contribution < 1.29 is 9.90 Å². The van der Waals surface area contributed by atoms with E-state index in [4.69, 9.17) is 10.4 Å². The maximum absolute atomic E-state index is 11.0. The molecule has 1 aromatic carbocycles. The van der Waals surface area contributed by atoms with Gasteiger partial charge >= 0.3 is 5.97 Å². The Bertz CT molecular complexity index is 422. The average Bonchev–Trinajstić information content (AvgIpc) is 2.29. The first-order valence-corrected chi connectivity index (χ1v) is 5.91. The first-order chi connectivity index (χ1) is 7.54. The van der Waals surface area contributed by atoms with Gasteiger partial charge in [-0.25, -0.2) is 0 Å². The van der Waals surface area contributed by atoms with Gasteiger partial charge in [0.25, 0.3) is 0 Å². The second-order valence-corrected chi connectivity index (χ2v) is 4.84. The van der Waals surface area contributed by atoms with Crippen LogP contribution in [-0.4, -0.2) is 16.8 Å². The van der Waals surface area contributed by atoms with Crippen molar-refractivity contribution in [2.45, 2.75) is 24.2 Å². The normalized spacial score (nSPS) is 13.8. The number of carboxylic acid groups (broad SMARTS) is 1. The summed E-state index contributed by atoms with van der Waals surface area (Å²) in [5.41, 5.74) is -0.946. The maximum atomic E-state index is 11.0. The van der Waals surface area contributed by atoms with Crippen LogP contribution in [0.4, 0.5) is 0 Å². The maximum Gasteiger partial charge on any atom is 0.328 e. The Morgan fingerprint density at radius 1 is 1.50 bits per heavy atom. The van der Waals surface area contributed by atoms with E-state index < -0.39 is 11.4 Å².